The van der Waals surface area contributed by atoms with Gasteiger partial charge < -0.3 is 0 Å². The summed E-state index contributed by atoms with van der Waals surface area (Å²) in [6.45, 7) is 0. The van der Waals surface area contributed by atoms with Gasteiger partial charge in [-0.25, -0.2) is 0 Å². The van der Waals surface area contributed by atoms with Crippen LogP contribution in [0.2, 0.25) is 0 Å². The van der Waals surface area contributed by atoms with Crippen LogP contribution in [0.15, 0.2) is 0 Å². The molecule has 4 heteroatoms. The van der Waals surface area contributed by atoms with Gasteiger partial charge in [0.2, 0.25) is 0 Å². The molecule has 20 radical (unpaired) electrons. The maximum absolute atomic E-state index is 2.39. The molecule has 0 unspecified atom stereocenters. The summed E-state index contributed by atoms with van der Waals surface area (Å²) in [6, 6.07) is 0. The molecule has 4 aliphatic carbocycles. The van der Waals surface area contributed by atoms with Crippen molar-refractivity contribution in [2.24, 2.45) is 0 Å². The largest absolute Gasteiger partial charge is 2.00 e. The molecule has 2 heterocycles. The molecular formula is C28H32Fe2P2+4. The van der Waals surface area contributed by atoms with Crippen LogP contribution in [-0.2, 0) is 34.1 Å². The number of hydrogen-bond acceptors (Lipinski definition) is 0. The summed E-state index contributed by atoms with van der Waals surface area (Å²) < 4.78 is 0. The van der Waals surface area contributed by atoms with E-state index in [2.05, 4.69) is 51.4 Å². The van der Waals surface area contributed by atoms with E-state index in [1.54, 1.807) is 11.3 Å². The van der Waals surface area contributed by atoms with E-state index >= 15 is 0 Å². The summed E-state index contributed by atoms with van der Waals surface area (Å²) >= 11 is 0. The van der Waals surface area contributed by atoms with Crippen molar-refractivity contribution >= 4 is 15.8 Å². The number of hydrogen-bond donors (Lipinski definition) is 0. The van der Waals surface area contributed by atoms with Crippen LogP contribution in [0.3, 0.4) is 0 Å². The van der Waals surface area contributed by atoms with Gasteiger partial charge in [0.1, 0.15) is 0 Å². The van der Waals surface area contributed by atoms with Crippen molar-refractivity contribution in [1.29, 1.82) is 0 Å². The molecule has 2 saturated heterocycles. The van der Waals surface area contributed by atoms with Crippen molar-refractivity contribution < 1.29 is 34.1 Å². The van der Waals surface area contributed by atoms with Crippen LogP contribution in [0, 0.1) is 127 Å². The van der Waals surface area contributed by atoms with E-state index in [0.29, 0.717) is 0 Å². The van der Waals surface area contributed by atoms with Gasteiger partial charge in [0.25, 0.3) is 0 Å². The normalized spacial score (nSPS) is 34.9. The Balaban J connectivity index is 0.000000252. The van der Waals surface area contributed by atoms with E-state index < -0.39 is 0 Å². The van der Waals surface area contributed by atoms with Gasteiger partial charge in [-0.1, -0.05) is 15.8 Å². The third kappa shape index (κ3) is 9.08. The second-order valence-corrected chi connectivity index (χ2v) is 13.1. The molecule has 6 fully saturated rings. The van der Waals surface area contributed by atoms with E-state index in [0.717, 1.165) is 11.3 Å². The zero-order valence-corrected chi connectivity index (χ0v) is 22.4. The quantitative estimate of drug-likeness (QED) is 0.265. The smallest absolute Gasteiger partial charge is 0.0950 e. The van der Waals surface area contributed by atoms with Crippen LogP contribution in [0.4, 0.5) is 0 Å². The van der Waals surface area contributed by atoms with Crippen LogP contribution in [-0.4, -0.2) is 23.6 Å². The first-order valence-electron chi connectivity index (χ1n) is 11.2. The summed E-state index contributed by atoms with van der Waals surface area (Å²) in [4.78, 5) is 0. The third-order valence-corrected chi connectivity index (χ3v) is 12.7. The Hall–Kier alpha value is 1.90. The van der Waals surface area contributed by atoms with Crippen molar-refractivity contribution in [2.75, 3.05) is 12.3 Å². The van der Waals surface area contributed by atoms with Crippen molar-refractivity contribution in [1.82, 2.24) is 0 Å². The van der Waals surface area contributed by atoms with Crippen molar-refractivity contribution in [3.05, 3.63) is 127 Å². The minimum Gasteiger partial charge on any atom is -0.0950 e. The zero-order chi connectivity index (χ0) is 20.4. The predicted octanol–water partition coefficient (Wildman–Crippen LogP) is 7.04. The number of rotatable bonds is 3. The van der Waals surface area contributed by atoms with Crippen molar-refractivity contribution in [2.45, 2.75) is 37.0 Å². The van der Waals surface area contributed by atoms with E-state index in [1.807, 2.05) is 64.2 Å². The Labute approximate surface area is 225 Å². The Morgan fingerprint density at radius 3 is 1.00 bits per heavy atom. The molecule has 32 heavy (non-hydrogen) atoms. The average Bonchev–Trinajstić information content (AvgIpc) is 3.66. The van der Waals surface area contributed by atoms with Gasteiger partial charge in [-0.05, 0) is 165 Å². The maximum Gasteiger partial charge on any atom is 2.00 e. The molecular weight excluding hydrogens is 510 g/mol. The van der Waals surface area contributed by atoms with Crippen LogP contribution in [0.5, 0.6) is 0 Å². The summed E-state index contributed by atoms with van der Waals surface area (Å²) in [5, 5.41) is 0. The first kappa shape index (κ1) is 30.1. The van der Waals surface area contributed by atoms with Crippen LogP contribution in [0.1, 0.15) is 25.7 Å². The topological polar surface area (TPSA) is 0 Å². The molecule has 6 rings (SSSR count). The van der Waals surface area contributed by atoms with Gasteiger partial charge in [-0.2, -0.15) is 0 Å². The molecule has 0 aromatic rings. The molecule has 0 amide bonds. The monoisotopic (exact) mass is 542 g/mol. The van der Waals surface area contributed by atoms with Gasteiger partial charge in [0.05, 0.1) is 0 Å². The predicted molar refractivity (Wildman–Crippen MR) is 134 cm³/mol. The molecule has 4 atom stereocenters. The fourth-order valence-corrected chi connectivity index (χ4v) is 12.0. The summed E-state index contributed by atoms with van der Waals surface area (Å²) in [5.41, 5.74) is 5.42. The maximum atomic E-state index is 2.39. The average molecular weight is 542 g/mol. The van der Waals surface area contributed by atoms with E-state index in [1.165, 1.54) is 38.0 Å². The van der Waals surface area contributed by atoms with Crippen molar-refractivity contribution in [3.63, 3.8) is 0 Å². The van der Waals surface area contributed by atoms with E-state index in [4.69, 9.17) is 0 Å². The van der Waals surface area contributed by atoms with Crippen molar-refractivity contribution in [3.8, 4) is 0 Å². The van der Waals surface area contributed by atoms with Crippen LogP contribution < -0.4 is 0 Å². The standard InChI is InChI=1S/C18H22P2.2C5H5.2Fe/c1-2-8-15(7-1)19-13-5-11-17(19)18-12-6-14-20(18)16-9-3-4-10-16;2*1-2-4-5-3-1;;/h1-4,7-10,17-18H,5-6,11-14H2;2*1-5H;;/q;;;2*+2/t17-,18-,19-,20+;;;;/m1..../s1. The first-order chi connectivity index (χ1) is 14.9. The van der Waals surface area contributed by atoms with Gasteiger partial charge in [-0.3, -0.25) is 0 Å². The zero-order valence-electron chi connectivity index (χ0n) is 18.4. The van der Waals surface area contributed by atoms with Gasteiger partial charge in [-0.15, -0.1) is 0 Å². The Kier molecular flexibility index (Phi) is 16.4. The Morgan fingerprint density at radius 2 is 0.719 bits per heavy atom. The summed E-state index contributed by atoms with van der Waals surface area (Å²) in [5.74, 6) is 0. The van der Waals surface area contributed by atoms with Gasteiger partial charge >= 0.3 is 34.1 Å². The molecule has 0 spiro atoms. The minimum absolute atomic E-state index is 0. The molecule has 166 valence electrons. The fraction of sp³-hybridized carbons (Fsp3) is 0.286. The molecule has 0 bridgehead atoms. The first-order valence-corrected chi connectivity index (χ1v) is 14.4. The van der Waals surface area contributed by atoms with Crippen LogP contribution >= 0.6 is 15.8 Å². The van der Waals surface area contributed by atoms with Gasteiger partial charge in [0, 0.05) is 11.3 Å². The molecule has 0 nitrogen and oxygen atoms in total. The second kappa shape index (κ2) is 17.4. The second-order valence-electron chi connectivity index (χ2n) is 8.02. The molecule has 0 aromatic heterocycles. The van der Waals surface area contributed by atoms with Gasteiger partial charge in [0.15, 0.2) is 0 Å². The molecule has 2 aliphatic heterocycles. The fourth-order valence-electron chi connectivity index (χ4n) is 4.78. The van der Waals surface area contributed by atoms with E-state index in [-0.39, 0.29) is 50.0 Å². The summed E-state index contributed by atoms with van der Waals surface area (Å²) in [6.07, 6.45) is 47.5. The van der Waals surface area contributed by atoms with Crippen LogP contribution in [0.25, 0.3) is 0 Å². The minimum atomic E-state index is 0. The molecule has 4 saturated carbocycles. The third-order valence-electron chi connectivity index (χ3n) is 6.11. The Morgan fingerprint density at radius 1 is 0.438 bits per heavy atom. The molecule has 6 aliphatic rings. The molecule has 0 aromatic carbocycles. The SMILES string of the molecule is [CH]1[CH][CH][CH][CH]1.[CH]1[CH][CH][CH][CH]1.[CH]1[CH][CH][C]([P@@]2CCC[C@@H]2[C@H]2CCC[P@@]2[C]2[CH][CH][CH][CH]2)[CH]1.[Fe+2].[Fe+2]. The summed E-state index contributed by atoms with van der Waals surface area (Å²) in [7, 11) is 0.272. The molecule has 0 N–H and O–H groups in total. The Bertz CT molecular complexity index is 397. The van der Waals surface area contributed by atoms with E-state index in [9.17, 15) is 0 Å².